The number of likely N-dealkylation sites (tertiary alicyclic amines) is 1. The Balaban J connectivity index is 1.88. The molecule has 0 radical (unpaired) electrons. The molecule has 35 heavy (non-hydrogen) atoms. The summed E-state index contributed by atoms with van der Waals surface area (Å²) in [4.78, 5) is 30.7. The number of carbonyl (C=O) groups excluding carboxylic acids is 1. The van der Waals surface area contributed by atoms with E-state index in [-0.39, 0.29) is 36.3 Å². The van der Waals surface area contributed by atoms with E-state index in [0.717, 1.165) is 12.0 Å². The minimum Gasteiger partial charge on any atom is -0.480 e. The Morgan fingerprint density at radius 3 is 2.71 bits per heavy atom. The molecule has 0 aromatic heterocycles. The molecule has 2 aliphatic heterocycles. The van der Waals surface area contributed by atoms with Gasteiger partial charge in [0, 0.05) is 19.6 Å². The van der Waals surface area contributed by atoms with Gasteiger partial charge in [0.15, 0.2) is 5.96 Å². The van der Waals surface area contributed by atoms with Crippen LogP contribution < -0.4 is 21.5 Å². The lowest BCUT2D eigenvalue weighted by molar-refractivity contribution is -0.153. The van der Waals surface area contributed by atoms with Crippen molar-refractivity contribution in [1.82, 2.24) is 9.62 Å². The van der Waals surface area contributed by atoms with Gasteiger partial charge in [-0.2, -0.15) is 4.72 Å². The quantitative estimate of drug-likeness (QED) is 0.184. The van der Waals surface area contributed by atoms with Crippen molar-refractivity contribution in [2.45, 2.75) is 62.9 Å². The predicted octanol–water partition coefficient (Wildman–Crippen LogP) is 0.703. The number of hydrogen-bond donors (Lipinski definition) is 5. The molecule has 0 bridgehead atoms. The molecule has 11 nitrogen and oxygen atoms in total. The fourth-order valence-electron chi connectivity index (χ4n) is 4.72. The molecule has 194 valence electrons. The highest BCUT2D eigenvalue weighted by molar-refractivity contribution is 7.89. The van der Waals surface area contributed by atoms with Gasteiger partial charge in [-0.3, -0.25) is 9.79 Å². The number of anilines is 1. The summed E-state index contributed by atoms with van der Waals surface area (Å²) < 4.78 is 29.5. The van der Waals surface area contributed by atoms with Crippen molar-refractivity contribution in [2.24, 2.45) is 28.3 Å². The zero-order valence-electron chi connectivity index (χ0n) is 20.2. The predicted molar refractivity (Wildman–Crippen MR) is 133 cm³/mol. The van der Waals surface area contributed by atoms with Gasteiger partial charge in [0.2, 0.25) is 15.9 Å². The number of nitrogens with one attached hydrogen (secondary N) is 2. The number of aliphatic carboxylic acids is 1. The van der Waals surface area contributed by atoms with E-state index in [1.165, 1.54) is 11.0 Å². The van der Waals surface area contributed by atoms with Crippen molar-refractivity contribution in [3.8, 4) is 0 Å². The van der Waals surface area contributed by atoms with Crippen LogP contribution in [-0.4, -0.2) is 68.0 Å². The Labute approximate surface area is 206 Å². The summed E-state index contributed by atoms with van der Waals surface area (Å²) in [6.07, 6.45) is 2.17. The molecular formula is C23H36N6O5S. The molecule has 0 aliphatic carbocycles. The van der Waals surface area contributed by atoms with Gasteiger partial charge in [-0.1, -0.05) is 26.0 Å². The molecule has 2 aliphatic rings. The summed E-state index contributed by atoms with van der Waals surface area (Å²) >= 11 is 0. The molecule has 0 saturated carbocycles. The Hall–Kier alpha value is -2.86. The minimum atomic E-state index is -4.10. The molecule has 7 N–H and O–H groups in total. The lowest BCUT2D eigenvalue weighted by atomic mass is 9.91. The Kier molecular flexibility index (Phi) is 8.60. The van der Waals surface area contributed by atoms with Gasteiger partial charge < -0.3 is 26.8 Å². The van der Waals surface area contributed by atoms with Crippen LogP contribution in [0.2, 0.25) is 0 Å². The van der Waals surface area contributed by atoms with Crippen LogP contribution in [0.15, 0.2) is 28.1 Å². The lowest BCUT2D eigenvalue weighted by Gasteiger charge is -2.38. The van der Waals surface area contributed by atoms with Gasteiger partial charge in [0.1, 0.15) is 17.0 Å². The molecule has 1 saturated heterocycles. The highest BCUT2D eigenvalue weighted by Gasteiger charge is 2.39. The number of carboxylic acid groups (broad SMARTS) is 1. The van der Waals surface area contributed by atoms with Crippen LogP contribution in [0.3, 0.4) is 0 Å². The molecule has 1 aromatic carbocycles. The first-order chi connectivity index (χ1) is 16.5. The van der Waals surface area contributed by atoms with Crippen molar-refractivity contribution in [3.63, 3.8) is 0 Å². The van der Waals surface area contributed by atoms with Crippen LogP contribution in [0.4, 0.5) is 5.69 Å². The third kappa shape index (κ3) is 6.63. The zero-order chi connectivity index (χ0) is 25.8. The SMILES string of the molecule is C[C@@H]1CCN(C(=O)C(CCCN=C(N)N)NS(=O)(=O)c2cccc3c2NC[C@H](C)C3)[C@@H](C(=O)O)C1. The third-order valence-corrected chi connectivity index (χ3v) is 8.09. The minimum absolute atomic E-state index is 0.0750. The van der Waals surface area contributed by atoms with Crippen LogP contribution >= 0.6 is 0 Å². The smallest absolute Gasteiger partial charge is 0.326 e. The number of sulfonamides is 1. The summed E-state index contributed by atoms with van der Waals surface area (Å²) in [5.41, 5.74) is 12.2. The van der Waals surface area contributed by atoms with Crippen molar-refractivity contribution in [2.75, 3.05) is 25.0 Å². The first-order valence-corrected chi connectivity index (χ1v) is 13.4. The molecule has 3 rings (SSSR count). The van der Waals surface area contributed by atoms with Crippen molar-refractivity contribution in [3.05, 3.63) is 23.8 Å². The number of carbonyl (C=O) groups is 2. The van der Waals surface area contributed by atoms with E-state index < -0.39 is 34.0 Å². The van der Waals surface area contributed by atoms with Gasteiger partial charge in [-0.25, -0.2) is 13.2 Å². The first-order valence-electron chi connectivity index (χ1n) is 12.0. The Bertz CT molecular complexity index is 1070. The second-order valence-corrected chi connectivity index (χ2v) is 11.3. The number of amides is 1. The monoisotopic (exact) mass is 508 g/mol. The summed E-state index contributed by atoms with van der Waals surface area (Å²) in [5.74, 6) is -1.22. The van der Waals surface area contributed by atoms with Crippen LogP contribution in [0.5, 0.6) is 0 Å². The molecule has 1 unspecified atom stereocenters. The average molecular weight is 509 g/mol. The van der Waals surface area contributed by atoms with Crippen LogP contribution in [-0.2, 0) is 26.0 Å². The number of benzene rings is 1. The zero-order valence-corrected chi connectivity index (χ0v) is 21.1. The first kappa shape index (κ1) is 26.7. The van der Waals surface area contributed by atoms with E-state index in [4.69, 9.17) is 11.5 Å². The number of fused-ring (bicyclic) bond motifs is 1. The Morgan fingerprint density at radius 1 is 1.29 bits per heavy atom. The molecule has 1 aromatic rings. The number of piperidine rings is 1. The molecule has 1 fully saturated rings. The number of nitrogens with zero attached hydrogens (tertiary/aromatic N) is 2. The van der Waals surface area contributed by atoms with Crippen LogP contribution in [0.25, 0.3) is 0 Å². The summed E-state index contributed by atoms with van der Waals surface area (Å²) in [7, 11) is -4.10. The van der Waals surface area contributed by atoms with E-state index >= 15 is 0 Å². The van der Waals surface area contributed by atoms with Gasteiger partial charge in [0.05, 0.1) is 5.69 Å². The normalized spacial score (nSPS) is 23.0. The largest absolute Gasteiger partial charge is 0.480 e. The molecule has 0 spiro atoms. The Morgan fingerprint density at radius 2 is 2.03 bits per heavy atom. The summed E-state index contributed by atoms with van der Waals surface area (Å²) in [6, 6.07) is 2.94. The molecule has 4 atom stereocenters. The fourth-order valence-corrected chi connectivity index (χ4v) is 6.17. The maximum atomic E-state index is 13.5. The van der Waals surface area contributed by atoms with Gasteiger partial charge in [-0.15, -0.1) is 0 Å². The number of aliphatic imine (C=N–C) groups is 1. The van der Waals surface area contributed by atoms with Crippen LogP contribution in [0.1, 0.15) is 45.1 Å². The van der Waals surface area contributed by atoms with E-state index in [1.807, 2.05) is 13.0 Å². The lowest BCUT2D eigenvalue weighted by Crippen LogP contribution is -2.56. The average Bonchev–Trinajstić information content (AvgIpc) is 2.79. The summed E-state index contributed by atoms with van der Waals surface area (Å²) in [5, 5.41) is 12.9. The maximum absolute atomic E-state index is 13.5. The fraction of sp³-hybridized carbons (Fsp3) is 0.609. The molecular weight excluding hydrogens is 472 g/mol. The van der Waals surface area contributed by atoms with E-state index in [2.05, 4.69) is 22.0 Å². The highest BCUT2D eigenvalue weighted by Crippen LogP contribution is 2.31. The second-order valence-electron chi connectivity index (χ2n) is 9.62. The third-order valence-electron chi connectivity index (χ3n) is 6.57. The highest BCUT2D eigenvalue weighted by atomic mass is 32.2. The van der Waals surface area contributed by atoms with Crippen LogP contribution in [0, 0.1) is 11.8 Å². The molecule has 2 heterocycles. The second kappa shape index (κ2) is 11.3. The number of nitrogens with two attached hydrogens (primary N) is 2. The number of para-hydroxylation sites is 1. The number of rotatable bonds is 9. The van der Waals surface area contributed by atoms with Crippen molar-refractivity contribution < 1.29 is 23.1 Å². The van der Waals surface area contributed by atoms with Crippen molar-refractivity contribution >= 4 is 33.5 Å². The van der Waals surface area contributed by atoms with Gasteiger partial charge >= 0.3 is 5.97 Å². The number of hydrogen-bond acceptors (Lipinski definition) is 6. The molecule has 12 heteroatoms. The van der Waals surface area contributed by atoms with Crippen molar-refractivity contribution in [1.29, 1.82) is 0 Å². The van der Waals surface area contributed by atoms with Gasteiger partial charge in [-0.05, 0) is 55.6 Å². The standard InChI is InChI=1S/C23H36N6O5S/c1-14-8-10-29(18(12-14)22(31)32)21(30)17(6-4-9-26-23(24)25)28-35(33,34)19-7-3-5-16-11-15(2)13-27-20(16)19/h3,5,7,14-15,17-18,27-28H,4,6,8-13H2,1-2H3,(H,31,32)(H4,24,25,26)/t14-,15-,17?,18-/m1/s1. The van der Waals surface area contributed by atoms with E-state index in [0.29, 0.717) is 37.4 Å². The number of guanidine groups is 1. The number of carboxylic acids is 1. The summed E-state index contributed by atoms with van der Waals surface area (Å²) in [6.45, 7) is 5.14. The van der Waals surface area contributed by atoms with Gasteiger partial charge in [0.25, 0.3) is 0 Å². The van der Waals surface area contributed by atoms with E-state index in [9.17, 15) is 23.1 Å². The van der Waals surface area contributed by atoms with E-state index in [1.54, 1.807) is 6.07 Å². The topological polar surface area (TPSA) is 180 Å². The maximum Gasteiger partial charge on any atom is 0.326 e. The molecule has 1 amide bonds.